The van der Waals surface area contributed by atoms with E-state index >= 15 is 0 Å². The summed E-state index contributed by atoms with van der Waals surface area (Å²) in [6.45, 7) is 9.18. The zero-order chi connectivity index (χ0) is 22.9. The molecule has 166 valence electrons. The minimum absolute atomic E-state index is 0.0600. The Bertz CT molecular complexity index is 1450. The molecule has 2 aliphatic rings. The first-order valence-corrected chi connectivity index (χ1v) is 11.8. The van der Waals surface area contributed by atoms with Gasteiger partial charge >= 0.3 is 0 Å². The summed E-state index contributed by atoms with van der Waals surface area (Å²) in [4.78, 5) is 21.5. The number of imidazole rings is 1. The Morgan fingerprint density at radius 2 is 1.79 bits per heavy atom. The normalized spacial score (nSPS) is 18.4. The van der Waals surface area contributed by atoms with Crippen LogP contribution in [-0.4, -0.2) is 22.0 Å². The van der Waals surface area contributed by atoms with Crippen molar-refractivity contribution in [2.75, 3.05) is 16.8 Å². The highest BCUT2D eigenvalue weighted by Crippen LogP contribution is 2.51. The summed E-state index contributed by atoms with van der Waals surface area (Å²) in [6, 6.07) is 18.8. The summed E-state index contributed by atoms with van der Waals surface area (Å²) < 4.78 is 2.16. The van der Waals surface area contributed by atoms with Gasteiger partial charge in [0.05, 0.1) is 16.7 Å². The molecule has 4 aromatic rings. The van der Waals surface area contributed by atoms with Crippen LogP contribution >= 0.6 is 0 Å². The maximum atomic E-state index is 14.4. The summed E-state index contributed by atoms with van der Waals surface area (Å²) in [7, 11) is 0. The lowest BCUT2D eigenvalue weighted by atomic mass is 9.94. The van der Waals surface area contributed by atoms with E-state index in [0.29, 0.717) is 6.54 Å². The third-order valence-electron chi connectivity index (χ3n) is 7.21. The number of unbranched alkanes of at least 4 members (excludes halogenated alkanes) is 1. The zero-order valence-corrected chi connectivity index (χ0v) is 19.6. The van der Waals surface area contributed by atoms with Crippen LogP contribution in [-0.2, 0) is 10.5 Å². The molecule has 5 nitrogen and oxygen atoms in total. The summed E-state index contributed by atoms with van der Waals surface area (Å²) in [5.74, 6) is 0.896. The quantitative estimate of drug-likeness (QED) is 0.435. The van der Waals surface area contributed by atoms with Crippen molar-refractivity contribution in [2.24, 2.45) is 0 Å². The van der Waals surface area contributed by atoms with Crippen molar-refractivity contribution in [1.82, 2.24) is 9.55 Å². The van der Waals surface area contributed by atoms with Gasteiger partial charge in [0.1, 0.15) is 5.82 Å². The molecule has 3 heterocycles. The van der Waals surface area contributed by atoms with E-state index < -0.39 is 5.66 Å². The van der Waals surface area contributed by atoms with Crippen molar-refractivity contribution in [3.8, 4) is 11.4 Å². The zero-order valence-electron chi connectivity index (χ0n) is 19.6. The molecule has 33 heavy (non-hydrogen) atoms. The van der Waals surface area contributed by atoms with Crippen molar-refractivity contribution < 1.29 is 4.79 Å². The number of nitrogens with zero attached hydrogens (tertiary/aromatic N) is 3. The molecular weight excluding hydrogens is 408 g/mol. The van der Waals surface area contributed by atoms with E-state index in [-0.39, 0.29) is 5.91 Å². The van der Waals surface area contributed by atoms with E-state index in [1.165, 1.54) is 11.1 Å². The smallest absolute Gasteiger partial charge is 0.279 e. The monoisotopic (exact) mass is 436 g/mol. The third kappa shape index (κ3) is 2.59. The van der Waals surface area contributed by atoms with Gasteiger partial charge in [-0.3, -0.25) is 9.36 Å². The van der Waals surface area contributed by atoms with E-state index in [9.17, 15) is 4.79 Å². The second-order valence-corrected chi connectivity index (χ2v) is 9.41. The van der Waals surface area contributed by atoms with Crippen LogP contribution in [0.4, 0.5) is 11.4 Å². The van der Waals surface area contributed by atoms with E-state index in [0.717, 1.165) is 57.8 Å². The van der Waals surface area contributed by atoms with Crippen LogP contribution < -0.4 is 10.2 Å². The largest absolute Gasteiger partial charge is 0.350 e. The Hall–Kier alpha value is -3.60. The first kappa shape index (κ1) is 20.0. The number of amides is 1. The highest BCUT2D eigenvalue weighted by molar-refractivity contribution is 6.12. The highest BCUT2D eigenvalue weighted by atomic mass is 16.2. The Kier molecular flexibility index (Phi) is 4.22. The number of nitrogens with one attached hydrogen (secondary N) is 1. The lowest BCUT2D eigenvalue weighted by Crippen LogP contribution is -2.53. The van der Waals surface area contributed by atoms with Gasteiger partial charge in [0.15, 0.2) is 0 Å². The molecule has 0 fully saturated rings. The minimum Gasteiger partial charge on any atom is -0.350 e. The standard InChI is InChI=1S/C28H28N4O/c1-5-6-13-31-24-12-11-17(2)14-21(24)28(27(31)33)30-22-10-8-7-9-20(22)26-29-23-15-18(3)19(4)16-25(23)32(26)28/h7-12,14-16,30H,5-6,13H2,1-4H3. The van der Waals surface area contributed by atoms with Gasteiger partial charge in [-0.1, -0.05) is 37.1 Å². The maximum Gasteiger partial charge on any atom is 0.279 e. The Balaban J connectivity index is 1.73. The fourth-order valence-corrected chi connectivity index (χ4v) is 5.36. The molecule has 1 N–H and O–H groups in total. The van der Waals surface area contributed by atoms with Crippen LogP contribution in [0, 0.1) is 20.8 Å². The van der Waals surface area contributed by atoms with Crippen LogP contribution in [0.3, 0.4) is 0 Å². The van der Waals surface area contributed by atoms with Crippen molar-refractivity contribution >= 4 is 28.3 Å². The second kappa shape index (κ2) is 6.95. The average molecular weight is 437 g/mol. The molecule has 0 saturated heterocycles. The van der Waals surface area contributed by atoms with Crippen LogP contribution in [0.15, 0.2) is 54.6 Å². The van der Waals surface area contributed by atoms with Gasteiger partial charge in [-0.15, -0.1) is 0 Å². The van der Waals surface area contributed by atoms with Gasteiger partial charge < -0.3 is 10.2 Å². The molecule has 5 heteroatoms. The highest BCUT2D eigenvalue weighted by Gasteiger charge is 2.56. The molecule has 1 amide bonds. The molecule has 6 rings (SSSR count). The van der Waals surface area contributed by atoms with Gasteiger partial charge in [-0.2, -0.15) is 0 Å². The molecule has 3 aromatic carbocycles. The first-order chi connectivity index (χ1) is 16.0. The molecule has 1 aromatic heterocycles. The summed E-state index contributed by atoms with van der Waals surface area (Å²) >= 11 is 0. The summed E-state index contributed by atoms with van der Waals surface area (Å²) in [5.41, 5.74) is 8.30. The molecule has 2 aliphatic heterocycles. The van der Waals surface area contributed by atoms with E-state index in [1.54, 1.807) is 0 Å². The predicted octanol–water partition coefficient (Wildman–Crippen LogP) is 5.90. The van der Waals surface area contributed by atoms with Crippen LogP contribution in [0.2, 0.25) is 0 Å². The topological polar surface area (TPSA) is 50.2 Å². The first-order valence-electron chi connectivity index (χ1n) is 11.8. The average Bonchev–Trinajstić information content (AvgIpc) is 3.27. The fraction of sp³-hybridized carbons (Fsp3) is 0.286. The molecule has 1 atom stereocenters. The molecule has 0 saturated carbocycles. The third-order valence-corrected chi connectivity index (χ3v) is 7.21. The number of aromatic nitrogens is 2. The van der Waals surface area contributed by atoms with Crippen LogP contribution in [0.1, 0.15) is 42.0 Å². The number of hydrogen-bond acceptors (Lipinski definition) is 3. The molecule has 0 aliphatic carbocycles. The van der Waals surface area contributed by atoms with Gasteiger partial charge in [0.25, 0.3) is 5.91 Å². The van der Waals surface area contributed by atoms with Crippen molar-refractivity contribution in [1.29, 1.82) is 0 Å². The van der Waals surface area contributed by atoms with E-state index in [1.807, 2.05) is 23.1 Å². The summed E-state index contributed by atoms with van der Waals surface area (Å²) in [6.07, 6.45) is 1.99. The molecular formula is C28H28N4O. The number of benzene rings is 3. The maximum absolute atomic E-state index is 14.4. The number of aryl methyl sites for hydroxylation is 3. The molecule has 0 bridgehead atoms. The van der Waals surface area contributed by atoms with Gasteiger partial charge in [0.2, 0.25) is 5.66 Å². The molecule has 1 unspecified atom stereocenters. The lowest BCUT2D eigenvalue weighted by molar-refractivity contribution is -0.123. The Morgan fingerprint density at radius 1 is 1.00 bits per heavy atom. The number of para-hydroxylation sites is 1. The van der Waals surface area contributed by atoms with Crippen LogP contribution in [0.5, 0.6) is 0 Å². The molecule has 1 spiro atoms. The number of hydrogen-bond donors (Lipinski definition) is 1. The van der Waals surface area contributed by atoms with E-state index in [4.69, 9.17) is 4.98 Å². The number of rotatable bonds is 3. The van der Waals surface area contributed by atoms with Crippen molar-refractivity contribution in [3.63, 3.8) is 0 Å². The molecule has 0 radical (unpaired) electrons. The predicted molar refractivity (Wildman–Crippen MR) is 134 cm³/mol. The number of fused-ring (bicyclic) bond motifs is 8. The number of carbonyl (C=O) groups is 1. The van der Waals surface area contributed by atoms with Gasteiger partial charge in [-0.25, -0.2) is 4.98 Å². The van der Waals surface area contributed by atoms with E-state index in [2.05, 4.69) is 74.0 Å². The summed E-state index contributed by atoms with van der Waals surface area (Å²) in [5, 5.41) is 3.71. The fourth-order valence-electron chi connectivity index (χ4n) is 5.36. The lowest BCUT2D eigenvalue weighted by Gasteiger charge is -2.38. The number of carbonyl (C=O) groups excluding carboxylic acids is 1. The van der Waals surface area contributed by atoms with Gasteiger partial charge in [0, 0.05) is 23.4 Å². The minimum atomic E-state index is -1.06. The Morgan fingerprint density at radius 3 is 2.61 bits per heavy atom. The Labute approximate surface area is 194 Å². The second-order valence-electron chi connectivity index (χ2n) is 9.41. The SMILES string of the molecule is CCCCN1C(=O)C2(Nc3ccccc3-c3nc4cc(C)c(C)cc4n32)c2cc(C)ccc21. The van der Waals surface area contributed by atoms with Gasteiger partial charge in [-0.05, 0) is 74.7 Å². The van der Waals surface area contributed by atoms with Crippen molar-refractivity contribution in [3.05, 3.63) is 76.9 Å². The van der Waals surface area contributed by atoms with Crippen molar-refractivity contribution in [2.45, 2.75) is 46.2 Å². The van der Waals surface area contributed by atoms with Crippen LogP contribution in [0.25, 0.3) is 22.4 Å². The number of anilines is 2.